The van der Waals surface area contributed by atoms with Gasteiger partial charge in [0.2, 0.25) is 0 Å². The highest BCUT2D eigenvalue weighted by Gasteiger charge is 2.44. The van der Waals surface area contributed by atoms with Gasteiger partial charge in [-0.05, 0) is 17.5 Å². The summed E-state index contributed by atoms with van der Waals surface area (Å²) in [5.74, 6) is 0.535. The third-order valence-electron chi connectivity index (χ3n) is 3.91. The van der Waals surface area contributed by atoms with E-state index in [9.17, 15) is 15.3 Å². The molecule has 1 aliphatic heterocycles. The predicted molar refractivity (Wildman–Crippen MR) is 85.9 cm³/mol. The van der Waals surface area contributed by atoms with Crippen molar-refractivity contribution in [3.8, 4) is 0 Å². The number of nitrogens with zero attached hydrogens (tertiary/aromatic N) is 4. The first kappa shape index (κ1) is 15.4. The van der Waals surface area contributed by atoms with E-state index in [-0.39, 0.29) is 6.61 Å². The van der Waals surface area contributed by atoms with Gasteiger partial charge in [-0.25, -0.2) is 15.0 Å². The van der Waals surface area contributed by atoms with Gasteiger partial charge in [0.05, 0.1) is 17.9 Å². The minimum Gasteiger partial charge on any atom is -0.394 e. The zero-order valence-electron chi connectivity index (χ0n) is 12.4. The van der Waals surface area contributed by atoms with E-state index < -0.39 is 24.5 Å². The quantitative estimate of drug-likeness (QED) is 0.528. The van der Waals surface area contributed by atoms with Gasteiger partial charge in [0.1, 0.15) is 24.6 Å². The van der Waals surface area contributed by atoms with Gasteiger partial charge in [0.15, 0.2) is 23.2 Å². The van der Waals surface area contributed by atoms with Crippen LogP contribution in [0, 0.1) is 0 Å². The summed E-state index contributed by atoms with van der Waals surface area (Å²) >= 11 is 1.53. The highest BCUT2D eigenvalue weighted by atomic mass is 32.1. The van der Waals surface area contributed by atoms with Crippen molar-refractivity contribution in [1.29, 1.82) is 0 Å². The van der Waals surface area contributed by atoms with Crippen LogP contribution in [0.25, 0.3) is 11.2 Å². The SMILES string of the molecule is OCC1OC(n2cnc3c(Nc4cccs4)ncnc32)C(O)C1O. The van der Waals surface area contributed by atoms with Crippen LogP contribution >= 0.6 is 11.3 Å². The van der Waals surface area contributed by atoms with E-state index in [2.05, 4.69) is 20.3 Å². The molecule has 24 heavy (non-hydrogen) atoms. The van der Waals surface area contributed by atoms with Crippen LogP contribution in [-0.4, -0.2) is 59.8 Å². The molecule has 0 bridgehead atoms. The summed E-state index contributed by atoms with van der Waals surface area (Å²) < 4.78 is 7.06. The lowest BCUT2D eigenvalue weighted by Gasteiger charge is -2.16. The van der Waals surface area contributed by atoms with Gasteiger partial charge >= 0.3 is 0 Å². The summed E-state index contributed by atoms with van der Waals surface area (Å²) in [6, 6.07) is 3.84. The van der Waals surface area contributed by atoms with Crippen molar-refractivity contribution in [2.75, 3.05) is 11.9 Å². The Kier molecular flexibility index (Phi) is 3.90. The third-order valence-corrected chi connectivity index (χ3v) is 4.70. The molecule has 10 heteroatoms. The molecule has 4 atom stereocenters. The van der Waals surface area contributed by atoms with E-state index in [4.69, 9.17) is 4.74 Å². The van der Waals surface area contributed by atoms with Crippen molar-refractivity contribution in [3.63, 3.8) is 0 Å². The van der Waals surface area contributed by atoms with E-state index in [0.29, 0.717) is 17.0 Å². The Morgan fingerprint density at radius 3 is 2.83 bits per heavy atom. The maximum absolute atomic E-state index is 10.2. The standard InChI is InChI=1S/C14H15N5O4S/c20-4-7-10(21)11(22)14(23-7)19-6-17-9-12(15-5-16-13(9)19)18-8-2-1-3-24-8/h1-3,5-7,10-11,14,20-22H,4H2,(H,15,16,18). The molecular formula is C14H15N5O4S. The number of anilines is 2. The number of aliphatic hydroxyl groups is 3. The minimum atomic E-state index is -1.19. The summed E-state index contributed by atoms with van der Waals surface area (Å²) in [5.41, 5.74) is 0.975. The lowest BCUT2D eigenvalue weighted by atomic mass is 10.1. The Hall–Kier alpha value is -2.11. The van der Waals surface area contributed by atoms with Crippen molar-refractivity contribution in [3.05, 3.63) is 30.2 Å². The van der Waals surface area contributed by atoms with Gasteiger partial charge in [-0.2, -0.15) is 0 Å². The van der Waals surface area contributed by atoms with Crippen LogP contribution in [0.1, 0.15) is 6.23 Å². The molecule has 4 unspecified atom stereocenters. The lowest BCUT2D eigenvalue weighted by molar-refractivity contribution is -0.0511. The van der Waals surface area contributed by atoms with Crippen LogP contribution in [0.5, 0.6) is 0 Å². The van der Waals surface area contributed by atoms with Crippen molar-refractivity contribution in [1.82, 2.24) is 19.5 Å². The molecule has 126 valence electrons. The molecule has 3 aromatic heterocycles. The molecular weight excluding hydrogens is 334 g/mol. The van der Waals surface area contributed by atoms with Gasteiger partial charge < -0.3 is 25.4 Å². The average Bonchev–Trinajstić information content (AvgIpc) is 3.30. The van der Waals surface area contributed by atoms with Crippen LogP contribution in [-0.2, 0) is 4.74 Å². The summed E-state index contributed by atoms with van der Waals surface area (Å²) in [4.78, 5) is 12.7. The molecule has 0 aliphatic carbocycles. The van der Waals surface area contributed by atoms with Crippen molar-refractivity contribution >= 4 is 33.3 Å². The molecule has 0 saturated carbocycles. The molecule has 4 rings (SSSR count). The Labute approximate surface area is 140 Å². The molecule has 4 heterocycles. The average molecular weight is 349 g/mol. The highest BCUT2D eigenvalue weighted by molar-refractivity contribution is 7.14. The van der Waals surface area contributed by atoms with Crippen LogP contribution < -0.4 is 5.32 Å². The zero-order valence-corrected chi connectivity index (χ0v) is 13.2. The number of aliphatic hydroxyl groups excluding tert-OH is 3. The number of thiophene rings is 1. The van der Waals surface area contributed by atoms with Crippen LogP contribution in [0.4, 0.5) is 10.8 Å². The minimum absolute atomic E-state index is 0.387. The summed E-state index contributed by atoms with van der Waals surface area (Å²) in [6.07, 6.45) is -1.25. The number of hydrogen-bond acceptors (Lipinski definition) is 9. The van der Waals surface area contributed by atoms with Crippen molar-refractivity contribution < 1.29 is 20.1 Å². The monoisotopic (exact) mass is 349 g/mol. The number of hydrogen-bond donors (Lipinski definition) is 4. The second-order valence-corrected chi connectivity index (χ2v) is 6.33. The van der Waals surface area contributed by atoms with E-state index in [0.717, 1.165) is 5.00 Å². The molecule has 4 N–H and O–H groups in total. The van der Waals surface area contributed by atoms with E-state index in [1.54, 1.807) is 0 Å². The molecule has 1 fully saturated rings. The number of fused-ring (bicyclic) bond motifs is 1. The van der Waals surface area contributed by atoms with Crippen LogP contribution in [0.2, 0.25) is 0 Å². The Morgan fingerprint density at radius 2 is 2.12 bits per heavy atom. The molecule has 0 amide bonds. The van der Waals surface area contributed by atoms with Gasteiger partial charge in [0, 0.05) is 0 Å². The number of rotatable bonds is 4. The Morgan fingerprint density at radius 1 is 1.25 bits per heavy atom. The lowest BCUT2D eigenvalue weighted by Crippen LogP contribution is -2.33. The van der Waals surface area contributed by atoms with Gasteiger partial charge in [0.25, 0.3) is 0 Å². The maximum Gasteiger partial charge on any atom is 0.167 e. The predicted octanol–water partition coefficient (Wildman–Crippen LogP) is 0.243. The summed E-state index contributed by atoms with van der Waals surface area (Å²) in [7, 11) is 0. The number of aromatic nitrogens is 4. The summed E-state index contributed by atoms with van der Waals surface area (Å²) in [6.45, 7) is -0.387. The first-order chi connectivity index (χ1) is 11.7. The van der Waals surface area contributed by atoms with Crippen LogP contribution in [0.15, 0.2) is 30.2 Å². The normalized spacial score (nSPS) is 27.0. The zero-order chi connectivity index (χ0) is 16.7. The molecule has 0 radical (unpaired) electrons. The Bertz CT molecular complexity index is 839. The van der Waals surface area contributed by atoms with E-state index in [1.807, 2.05) is 17.5 Å². The topological polar surface area (TPSA) is 126 Å². The third kappa shape index (κ3) is 2.44. The Balaban J connectivity index is 1.71. The molecule has 9 nitrogen and oxygen atoms in total. The summed E-state index contributed by atoms with van der Waals surface area (Å²) in [5, 5.41) is 35.3. The highest BCUT2D eigenvalue weighted by Crippen LogP contribution is 2.32. The number of ether oxygens (including phenoxy) is 1. The molecule has 0 spiro atoms. The molecule has 1 aliphatic rings. The fraction of sp³-hybridized carbons (Fsp3) is 0.357. The number of nitrogens with one attached hydrogen (secondary N) is 1. The maximum atomic E-state index is 10.2. The van der Waals surface area contributed by atoms with Gasteiger partial charge in [-0.15, -0.1) is 11.3 Å². The van der Waals surface area contributed by atoms with Crippen molar-refractivity contribution in [2.24, 2.45) is 0 Å². The largest absolute Gasteiger partial charge is 0.394 e. The first-order valence-corrected chi connectivity index (χ1v) is 8.17. The first-order valence-electron chi connectivity index (χ1n) is 7.29. The molecule has 0 aromatic carbocycles. The molecule has 1 saturated heterocycles. The number of imidazole rings is 1. The smallest absolute Gasteiger partial charge is 0.167 e. The fourth-order valence-corrected chi connectivity index (χ4v) is 3.32. The van der Waals surface area contributed by atoms with Crippen LogP contribution in [0.3, 0.4) is 0 Å². The fourth-order valence-electron chi connectivity index (χ4n) is 2.71. The van der Waals surface area contributed by atoms with Gasteiger partial charge in [-0.1, -0.05) is 0 Å². The molecule has 3 aromatic rings. The van der Waals surface area contributed by atoms with Crippen molar-refractivity contribution in [2.45, 2.75) is 24.5 Å². The van der Waals surface area contributed by atoms with E-state index in [1.165, 1.54) is 28.6 Å². The second kappa shape index (κ2) is 6.07. The second-order valence-electron chi connectivity index (χ2n) is 5.38. The van der Waals surface area contributed by atoms with Gasteiger partial charge in [-0.3, -0.25) is 4.57 Å². The van der Waals surface area contributed by atoms with E-state index >= 15 is 0 Å².